The van der Waals surface area contributed by atoms with E-state index in [9.17, 15) is 4.79 Å². The fourth-order valence-electron chi connectivity index (χ4n) is 1.91. The topological polar surface area (TPSA) is 83.6 Å². The number of hydrogen-bond acceptors (Lipinski definition) is 6. The third kappa shape index (κ3) is 4.34. The summed E-state index contributed by atoms with van der Waals surface area (Å²) in [6.07, 6.45) is 2.27. The second-order valence-corrected chi connectivity index (χ2v) is 7.61. The average Bonchev–Trinajstić information content (AvgIpc) is 3.22. The second-order valence-electron chi connectivity index (χ2n) is 4.91. The van der Waals surface area contributed by atoms with Crippen molar-refractivity contribution in [3.63, 3.8) is 0 Å². The molecule has 0 aliphatic heterocycles. The molecule has 1 unspecified atom stereocenters. The minimum Gasteiger partial charge on any atom is -0.322 e. The largest absolute Gasteiger partial charge is 0.322 e. The molecule has 24 heavy (non-hydrogen) atoms. The maximum Gasteiger partial charge on any atom is 0.237 e. The number of amides is 1. The first kappa shape index (κ1) is 16.9. The van der Waals surface area contributed by atoms with Gasteiger partial charge in [-0.3, -0.25) is 9.89 Å². The number of H-pyrrole nitrogens is 1. The number of rotatable bonds is 6. The van der Waals surface area contributed by atoms with E-state index in [-0.39, 0.29) is 16.3 Å². The Bertz CT molecular complexity index is 821. The van der Waals surface area contributed by atoms with Gasteiger partial charge in [-0.25, -0.2) is 9.97 Å². The molecule has 1 atom stereocenters. The Morgan fingerprint density at radius 2 is 2.33 bits per heavy atom. The number of nitrogens with zero attached hydrogens (tertiary/aromatic N) is 3. The number of anilines is 1. The molecule has 0 saturated heterocycles. The second kappa shape index (κ2) is 7.78. The van der Waals surface area contributed by atoms with Gasteiger partial charge in [0.1, 0.15) is 5.82 Å². The van der Waals surface area contributed by atoms with Crippen LogP contribution in [0.1, 0.15) is 17.6 Å². The molecule has 0 aromatic carbocycles. The molecule has 6 nitrogen and oxygen atoms in total. The van der Waals surface area contributed by atoms with Gasteiger partial charge in [-0.1, -0.05) is 29.4 Å². The molecule has 0 aliphatic rings. The predicted molar refractivity (Wildman–Crippen MR) is 96.7 cm³/mol. The van der Waals surface area contributed by atoms with Crippen LogP contribution in [0.4, 0.5) is 5.69 Å². The van der Waals surface area contributed by atoms with Crippen LogP contribution >= 0.6 is 34.7 Å². The van der Waals surface area contributed by atoms with E-state index >= 15 is 0 Å². The normalized spacial score (nSPS) is 12.1. The number of pyridine rings is 1. The SMILES string of the molecule is CC(Sc1n[nH]c(Cc2cccs2)n1)C(=O)Nc1cccnc1Cl. The van der Waals surface area contributed by atoms with E-state index in [1.807, 2.05) is 17.5 Å². The zero-order chi connectivity index (χ0) is 16.9. The number of carbonyl (C=O) groups is 1. The molecule has 9 heteroatoms. The van der Waals surface area contributed by atoms with Crippen LogP contribution in [0.15, 0.2) is 41.0 Å². The molecule has 1 amide bonds. The summed E-state index contributed by atoms with van der Waals surface area (Å²) in [7, 11) is 0. The Morgan fingerprint density at radius 3 is 3.08 bits per heavy atom. The predicted octanol–water partition coefficient (Wildman–Crippen LogP) is 3.62. The Kier molecular flexibility index (Phi) is 5.49. The van der Waals surface area contributed by atoms with Gasteiger partial charge in [0.25, 0.3) is 0 Å². The van der Waals surface area contributed by atoms with E-state index in [0.717, 1.165) is 5.82 Å². The molecular formula is C15H14ClN5OS2. The number of thiophene rings is 1. The van der Waals surface area contributed by atoms with Gasteiger partial charge in [0, 0.05) is 17.5 Å². The van der Waals surface area contributed by atoms with Crippen molar-refractivity contribution in [3.8, 4) is 0 Å². The minimum absolute atomic E-state index is 0.181. The smallest absolute Gasteiger partial charge is 0.237 e. The summed E-state index contributed by atoms with van der Waals surface area (Å²) in [6, 6.07) is 7.47. The third-order valence-corrected chi connectivity index (χ3v) is 5.24. The van der Waals surface area contributed by atoms with Gasteiger partial charge in [-0.05, 0) is 30.5 Å². The van der Waals surface area contributed by atoms with Crippen LogP contribution in [0.3, 0.4) is 0 Å². The van der Waals surface area contributed by atoms with Gasteiger partial charge in [0.05, 0.1) is 10.9 Å². The lowest BCUT2D eigenvalue weighted by Gasteiger charge is -2.10. The van der Waals surface area contributed by atoms with Gasteiger partial charge in [-0.15, -0.1) is 16.4 Å². The number of hydrogen-bond donors (Lipinski definition) is 2. The third-order valence-electron chi connectivity index (χ3n) is 3.10. The summed E-state index contributed by atoms with van der Waals surface area (Å²) in [5.41, 5.74) is 0.491. The Hall–Kier alpha value is -1.90. The maximum atomic E-state index is 12.2. The first-order chi connectivity index (χ1) is 11.6. The van der Waals surface area contributed by atoms with E-state index in [0.29, 0.717) is 17.3 Å². The molecule has 3 aromatic rings. The molecule has 0 aliphatic carbocycles. The van der Waals surface area contributed by atoms with Crippen molar-refractivity contribution >= 4 is 46.3 Å². The Labute approximate surface area is 152 Å². The lowest BCUT2D eigenvalue weighted by molar-refractivity contribution is -0.115. The summed E-state index contributed by atoms with van der Waals surface area (Å²) < 4.78 is 0. The molecule has 2 N–H and O–H groups in total. The van der Waals surface area contributed by atoms with Crippen molar-refractivity contribution in [1.29, 1.82) is 0 Å². The van der Waals surface area contributed by atoms with E-state index < -0.39 is 0 Å². The van der Waals surface area contributed by atoms with Gasteiger partial charge in [0.15, 0.2) is 5.15 Å². The molecule has 0 bridgehead atoms. The van der Waals surface area contributed by atoms with Crippen molar-refractivity contribution in [3.05, 3.63) is 51.7 Å². The van der Waals surface area contributed by atoms with Crippen molar-refractivity contribution in [2.75, 3.05) is 5.32 Å². The molecule has 0 radical (unpaired) electrons. The highest BCUT2D eigenvalue weighted by molar-refractivity contribution is 8.00. The van der Waals surface area contributed by atoms with E-state index in [1.165, 1.54) is 16.6 Å². The van der Waals surface area contributed by atoms with Crippen LogP contribution in [-0.4, -0.2) is 31.3 Å². The van der Waals surface area contributed by atoms with Crippen LogP contribution in [0, 0.1) is 0 Å². The maximum absolute atomic E-state index is 12.2. The number of thioether (sulfide) groups is 1. The van der Waals surface area contributed by atoms with Crippen LogP contribution in [-0.2, 0) is 11.2 Å². The molecule has 3 heterocycles. The van der Waals surface area contributed by atoms with Crippen LogP contribution in [0.5, 0.6) is 0 Å². The first-order valence-corrected chi connectivity index (χ1v) is 9.27. The molecule has 0 saturated carbocycles. The van der Waals surface area contributed by atoms with Crippen LogP contribution in [0.2, 0.25) is 5.15 Å². The number of aromatic amines is 1. The van der Waals surface area contributed by atoms with Crippen molar-refractivity contribution in [1.82, 2.24) is 20.2 Å². The Balaban J connectivity index is 1.58. The quantitative estimate of drug-likeness (QED) is 0.504. The standard InChI is InChI=1S/C15H14ClN5OS2/c1-9(14(22)18-11-5-2-6-17-13(11)16)24-15-19-12(20-21-15)8-10-4-3-7-23-10/h2-7,9H,8H2,1H3,(H,18,22)(H,19,20,21). The minimum atomic E-state index is -0.369. The summed E-state index contributed by atoms with van der Waals surface area (Å²) in [4.78, 5) is 21.8. The molecule has 0 spiro atoms. The van der Waals surface area contributed by atoms with E-state index in [4.69, 9.17) is 11.6 Å². The van der Waals surface area contributed by atoms with Gasteiger partial charge in [-0.2, -0.15) is 0 Å². The number of halogens is 1. The molecular weight excluding hydrogens is 366 g/mol. The molecule has 3 rings (SSSR count). The first-order valence-electron chi connectivity index (χ1n) is 7.13. The lowest BCUT2D eigenvalue weighted by Crippen LogP contribution is -2.22. The van der Waals surface area contributed by atoms with Gasteiger partial charge < -0.3 is 5.32 Å². The molecule has 0 fully saturated rings. The van der Waals surface area contributed by atoms with Crippen molar-refractivity contribution in [2.24, 2.45) is 0 Å². The zero-order valence-electron chi connectivity index (χ0n) is 12.7. The number of carbonyl (C=O) groups excluding carboxylic acids is 1. The fourth-order valence-corrected chi connectivity index (χ4v) is 3.53. The molecule has 3 aromatic heterocycles. The van der Waals surface area contributed by atoms with E-state index in [2.05, 4.69) is 25.5 Å². The van der Waals surface area contributed by atoms with Crippen molar-refractivity contribution in [2.45, 2.75) is 23.8 Å². The van der Waals surface area contributed by atoms with E-state index in [1.54, 1.807) is 36.6 Å². The van der Waals surface area contributed by atoms with Crippen LogP contribution in [0.25, 0.3) is 0 Å². The number of nitrogens with one attached hydrogen (secondary N) is 2. The highest BCUT2D eigenvalue weighted by atomic mass is 35.5. The highest BCUT2D eigenvalue weighted by Crippen LogP contribution is 2.23. The van der Waals surface area contributed by atoms with Crippen LogP contribution < -0.4 is 5.32 Å². The monoisotopic (exact) mass is 379 g/mol. The van der Waals surface area contributed by atoms with Gasteiger partial charge >= 0.3 is 0 Å². The summed E-state index contributed by atoms with van der Waals surface area (Å²) in [5, 5.41) is 12.3. The van der Waals surface area contributed by atoms with Gasteiger partial charge in [0.2, 0.25) is 11.1 Å². The molecule has 124 valence electrons. The summed E-state index contributed by atoms with van der Waals surface area (Å²) in [5.74, 6) is 0.599. The average molecular weight is 380 g/mol. The number of aromatic nitrogens is 4. The Morgan fingerprint density at radius 1 is 1.46 bits per heavy atom. The fraction of sp³-hybridized carbons (Fsp3) is 0.200. The lowest BCUT2D eigenvalue weighted by atomic mass is 10.3. The highest BCUT2D eigenvalue weighted by Gasteiger charge is 2.18. The van der Waals surface area contributed by atoms with Crippen molar-refractivity contribution < 1.29 is 4.79 Å². The summed E-state index contributed by atoms with van der Waals surface area (Å²) >= 11 is 8.90. The zero-order valence-corrected chi connectivity index (χ0v) is 15.1. The summed E-state index contributed by atoms with van der Waals surface area (Å²) in [6.45, 7) is 1.79.